The molecule has 114 valence electrons. The van der Waals surface area contributed by atoms with E-state index in [4.69, 9.17) is 4.74 Å². The van der Waals surface area contributed by atoms with E-state index in [2.05, 4.69) is 5.32 Å². The molecule has 0 aliphatic carbocycles. The van der Waals surface area contributed by atoms with Gasteiger partial charge in [-0.15, -0.1) is 0 Å². The lowest BCUT2D eigenvalue weighted by Gasteiger charge is -2.08. The predicted octanol–water partition coefficient (Wildman–Crippen LogP) is 4.53. The SMILES string of the molecule is C/C(=C\Oc1cccc(C)c1)C(=O)Nc1ccc(C)c(C)c1. The molecule has 0 aliphatic rings. The number of hydrogen-bond acceptors (Lipinski definition) is 2. The van der Waals surface area contributed by atoms with E-state index in [0.717, 1.165) is 22.6 Å². The molecule has 0 bridgehead atoms. The summed E-state index contributed by atoms with van der Waals surface area (Å²) < 4.78 is 5.53. The van der Waals surface area contributed by atoms with Crippen molar-refractivity contribution in [3.63, 3.8) is 0 Å². The molecule has 3 nitrogen and oxygen atoms in total. The maximum Gasteiger partial charge on any atom is 0.254 e. The maximum absolute atomic E-state index is 12.1. The second-order valence-corrected chi connectivity index (χ2v) is 5.49. The Bertz CT molecular complexity index is 717. The summed E-state index contributed by atoms with van der Waals surface area (Å²) in [6.07, 6.45) is 1.48. The van der Waals surface area contributed by atoms with Gasteiger partial charge in [0, 0.05) is 11.3 Å². The summed E-state index contributed by atoms with van der Waals surface area (Å²) in [5.74, 6) is 0.550. The molecule has 3 heteroatoms. The Morgan fingerprint density at radius 2 is 1.82 bits per heavy atom. The normalized spacial score (nSPS) is 11.2. The molecule has 0 heterocycles. The van der Waals surface area contributed by atoms with Gasteiger partial charge in [0.25, 0.3) is 5.91 Å². The van der Waals surface area contributed by atoms with Crippen LogP contribution >= 0.6 is 0 Å². The molecule has 2 rings (SSSR count). The van der Waals surface area contributed by atoms with Gasteiger partial charge in [0.15, 0.2) is 0 Å². The van der Waals surface area contributed by atoms with Crippen molar-refractivity contribution < 1.29 is 9.53 Å². The zero-order chi connectivity index (χ0) is 16.1. The highest BCUT2D eigenvalue weighted by Gasteiger charge is 2.06. The van der Waals surface area contributed by atoms with Gasteiger partial charge in [-0.05, 0) is 68.7 Å². The van der Waals surface area contributed by atoms with Crippen molar-refractivity contribution in [1.29, 1.82) is 0 Å². The van der Waals surface area contributed by atoms with E-state index in [0.29, 0.717) is 5.57 Å². The number of carbonyl (C=O) groups is 1. The first kappa shape index (κ1) is 15.8. The fraction of sp³-hybridized carbons (Fsp3) is 0.211. The first-order chi connectivity index (χ1) is 10.5. The lowest BCUT2D eigenvalue weighted by atomic mass is 10.1. The van der Waals surface area contributed by atoms with Crippen molar-refractivity contribution in [2.75, 3.05) is 5.32 Å². The van der Waals surface area contributed by atoms with Crippen molar-refractivity contribution in [3.05, 3.63) is 71.0 Å². The van der Waals surface area contributed by atoms with Gasteiger partial charge in [-0.1, -0.05) is 18.2 Å². The fourth-order valence-electron chi connectivity index (χ4n) is 1.95. The van der Waals surface area contributed by atoms with Gasteiger partial charge in [0.2, 0.25) is 0 Å². The number of hydrogen-bond donors (Lipinski definition) is 1. The Morgan fingerprint density at radius 3 is 2.50 bits per heavy atom. The molecular weight excluding hydrogens is 274 g/mol. The second kappa shape index (κ2) is 6.94. The Balaban J connectivity index is 2.02. The number of nitrogens with one attached hydrogen (secondary N) is 1. The summed E-state index contributed by atoms with van der Waals surface area (Å²) in [6.45, 7) is 7.79. The van der Waals surface area contributed by atoms with Crippen molar-refractivity contribution in [1.82, 2.24) is 0 Å². The molecule has 0 aliphatic heterocycles. The predicted molar refractivity (Wildman–Crippen MR) is 90.1 cm³/mol. The highest BCUT2D eigenvalue weighted by atomic mass is 16.5. The summed E-state index contributed by atoms with van der Waals surface area (Å²) >= 11 is 0. The van der Waals surface area contributed by atoms with Crippen LogP contribution in [0.15, 0.2) is 54.3 Å². The number of amides is 1. The molecule has 0 atom stereocenters. The molecule has 0 saturated carbocycles. The third-order valence-corrected chi connectivity index (χ3v) is 3.48. The first-order valence-electron chi connectivity index (χ1n) is 7.24. The van der Waals surface area contributed by atoms with E-state index in [1.165, 1.54) is 11.8 Å². The van der Waals surface area contributed by atoms with Gasteiger partial charge < -0.3 is 10.1 Å². The van der Waals surface area contributed by atoms with Crippen LogP contribution in [0.25, 0.3) is 0 Å². The molecule has 2 aromatic carbocycles. The zero-order valence-corrected chi connectivity index (χ0v) is 13.4. The smallest absolute Gasteiger partial charge is 0.254 e. The lowest BCUT2D eigenvalue weighted by Crippen LogP contribution is -2.13. The number of rotatable bonds is 4. The molecule has 0 spiro atoms. The van der Waals surface area contributed by atoms with E-state index in [1.54, 1.807) is 6.92 Å². The standard InChI is InChI=1S/C19H21NO2/c1-13-6-5-7-18(10-13)22-12-16(4)19(21)20-17-9-8-14(2)15(3)11-17/h5-12H,1-4H3,(H,20,21)/b16-12+. The number of ether oxygens (including phenoxy) is 1. The topological polar surface area (TPSA) is 38.3 Å². The van der Waals surface area contributed by atoms with Crippen LogP contribution in [0.5, 0.6) is 5.75 Å². The lowest BCUT2D eigenvalue weighted by molar-refractivity contribution is -0.112. The van der Waals surface area contributed by atoms with Crippen LogP contribution in [-0.2, 0) is 4.79 Å². The van der Waals surface area contributed by atoms with Crippen LogP contribution in [0.3, 0.4) is 0 Å². The van der Waals surface area contributed by atoms with Crippen molar-refractivity contribution in [3.8, 4) is 5.75 Å². The summed E-state index contributed by atoms with van der Waals surface area (Å²) in [5.41, 5.74) is 4.77. The van der Waals surface area contributed by atoms with Gasteiger partial charge in [-0.25, -0.2) is 0 Å². The van der Waals surface area contributed by atoms with Crippen molar-refractivity contribution in [2.24, 2.45) is 0 Å². The molecule has 0 unspecified atom stereocenters. The first-order valence-corrected chi connectivity index (χ1v) is 7.24. The third kappa shape index (κ3) is 4.22. The highest BCUT2D eigenvalue weighted by molar-refractivity contribution is 6.03. The van der Waals surface area contributed by atoms with E-state index in [1.807, 2.05) is 63.2 Å². The van der Waals surface area contributed by atoms with Crippen molar-refractivity contribution in [2.45, 2.75) is 27.7 Å². The van der Waals surface area contributed by atoms with Gasteiger partial charge in [-0.3, -0.25) is 4.79 Å². The minimum atomic E-state index is -0.170. The van der Waals surface area contributed by atoms with Gasteiger partial charge in [0.05, 0.1) is 6.26 Å². The molecule has 1 N–H and O–H groups in total. The Morgan fingerprint density at radius 1 is 1.05 bits per heavy atom. The fourth-order valence-corrected chi connectivity index (χ4v) is 1.95. The Labute approximate surface area is 131 Å². The molecule has 1 amide bonds. The van der Waals surface area contributed by atoms with E-state index in [9.17, 15) is 4.79 Å². The molecule has 2 aromatic rings. The third-order valence-electron chi connectivity index (χ3n) is 3.48. The second-order valence-electron chi connectivity index (χ2n) is 5.49. The molecular formula is C19H21NO2. The van der Waals surface area contributed by atoms with Gasteiger partial charge >= 0.3 is 0 Å². The Hall–Kier alpha value is -2.55. The molecule has 0 radical (unpaired) electrons. The molecule has 22 heavy (non-hydrogen) atoms. The minimum absolute atomic E-state index is 0.170. The molecule has 0 fully saturated rings. The maximum atomic E-state index is 12.1. The average molecular weight is 295 g/mol. The highest BCUT2D eigenvalue weighted by Crippen LogP contribution is 2.16. The summed E-state index contributed by atoms with van der Waals surface area (Å²) in [5, 5.41) is 2.87. The van der Waals surface area contributed by atoms with E-state index < -0.39 is 0 Å². The number of anilines is 1. The van der Waals surface area contributed by atoms with E-state index >= 15 is 0 Å². The zero-order valence-electron chi connectivity index (χ0n) is 13.4. The van der Waals surface area contributed by atoms with Crippen LogP contribution in [0.1, 0.15) is 23.6 Å². The largest absolute Gasteiger partial charge is 0.465 e. The summed E-state index contributed by atoms with van der Waals surface area (Å²) in [6, 6.07) is 13.5. The summed E-state index contributed by atoms with van der Waals surface area (Å²) in [7, 11) is 0. The van der Waals surface area contributed by atoms with Gasteiger partial charge in [-0.2, -0.15) is 0 Å². The summed E-state index contributed by atoms with van der Waals surface area (Å²) in [4.78, 5) is 12.1. The number of aryl methyl sites for hydroxylation is 3. The van der Waals surface area contributed by atoms with Crippen molar-refractivity contribution >= 4 is 11.6 Å². The van der Waals surface area contributed by atoms with Gasteiger partial charge in [0.1, 0.15) is 5.75 Å². The number of carbonyl (C=O) groups excluding carboxylic acids is 1. The monoisotopic (exact) mass is 295 g/mol. The van der Waals surface area contributed by atoms with E-state index in [-0.39, 0.29) is 5.91 Å². The van der Waals surface area contributed by atoms with Crippen LogP contribution < -0.4 is 10.1 Å². The molecule has 0 aromatic heterocycles. The van der Waals surface area contributed by atoms with Crippen LogP contribution in [-0.4, -0.2) is 5.91 Å². The van der Waals surface area contributed by atoms with Crippen LogP contribution in [0, 0.1) is 20.8 Å². The quantitative estimate of drug-likeness (QED) is 0.664. The Kier molecular flexibility index (Phi) is 4.99. The number of benzene rings is 2. The van der Waals surface area contributed by atoms with Crippen LogP contribution in [0.4, 0.5) is 5.69 Å². The van der Waals surface area contributed by atoms with Crippen LogP contribution in [0.2, 0.25) is 0 Å². The minimum Gasteiger partial charge on any atom is -0.465 e. The average Bonchev–Trinajstić information content (AvgIpc) is 2.48. The molecule has 0 saturated heterocycles.